The van der Waals surface area contributed by atoms with E-state index in [1.807, 2.05) is 5.48 Å². The second-order valence-electron chi connectivity index (χ2n) is 3.64. The van der Waals surface area contributed by atoms with Gasteiger partial charge in [-0.3, -0.25) is 15.5 Å². The van der Waals surface area contributed by atoms with Gasteiger partial charge in [0.25, 0.3) is 0 Å². The molecule has 0 amide bonds. The van der Waals surface area contributed by atoms with Gasteiger partial charge in [-0.25, -0.2) is 4.98 Å². The van der Waals surface area contributed by atoms with E-state index in [0.29, 0.717) is 28.2 Å². The first-order chi connectivity index (χ1) is 8.26. The highest BCUT2D eigenvalue weighted by molar-refractivity contribution is 5.79. The van der Waals surface area contributed by atoms with Crippen LogP contribution in [0, 0.1) is 0 Å². The van der Waals surface area contributed by atoms with Gasteiger partial charge in [0.2, 0.25) is 0 Å². The summed E-state index contributed by atoms with van der Waals surface area (Å²) in [4.78, 5) is 15.6. The zero-order chi connectivity index (χ0) is 11.8. The molecule has 5 nitrogen and oxygen atoms in total. The van der Waals surface area contributed by atoms with E-state index in [1.165, 1.54) is 12.1 Å². The maximum Gasteiger partial charge on any atom is 0.182 e. The quantitative estimate of drug-likeness (QED) is 0.492. The fourth-order valence-electron chi connectivity index (χ4n) is 1.67. The minimum Gasteiger partial charge on any atom is -0.453 e. The van der Waals surface area contributed by atoms with Gasteiger partial charge in [0, 0.05) is 12.1 Å². The average molecular weight is 228 g/mol. The fraction of sp³-hybridized carbons (Fsp3) is 0. The Balaban J connectivity index is 2.37. The highest BCUT2D eigenvalue weighted by Gasteiger charge is 2.09. The minimum absolute atomic E-state index is 0.126. The second-order valence-corrected chi connectivity index (χ2v) is 3.64. The highest BCUT2D eigenvalue weighted by Crippen LogP contribution is 2.25. The number of nitrogens with one attached hydrogen (secondary N) is 1. The van der Waals surface area contributed by atoms with E-state index in [1.54, 1.807) is 24.3 Å². The van der Waals surface area contributed by atoms with E-state index in [4.69, 9.17) is 9.62 Å². The molecule has 0 bridgehead atoms. The van der Waals surface area contributed by atoms with Crippen molar-refractivity contribution in [2.24, 2.45) is 0 Å². The normalized spacial score (nSPS) is 10.9. The van der Waals surface area contributed by atoms with Crippen molar-refractivity contribution < 1.29 is 9.62 Å². The molecule has 2 aliphatic rings. The molecular weight excluding hydrogens is 220 g/mol. The van der Waals surface area contributed by atoms with Gasteiger partial charge in [-0.1, -0.05) is 0 Å². The van der Waals surface area contributed by atoms with Crippen molar-refractivity contribution >= 4 is 16.8 Å². The number of anilines is 1. The molecule has 0 spiro atoms. The Hall–Kier alpha value is -2.40. The lowest BCUT2D eigenvalue weighted by atomic mass is 10.2. The van der Waals surface area contributed by atoms with Crippen molar-refractivity contribution in [1.29, 1.82) is 0 Å². The monoisotopic (exact) mass is 228 g/mol. The SMILES string of the molecule is O=c1ccc2nc3ccc(NO)cc3oc-2c1. The van der Waals surface area contributed by atoms with E-state index in [9.17, 15) is 4.79 Å². The first-order valence-electron chi connectivity index (χ1n) is 5.01. The molecule has 1 heterocycles. The number of nitrogens with zero attached hydrogens (tertiary/aromatic N) is 1. The zero-order valence-electron chi connectivity index (χ0n) is 8.68. The lowest BCUT2D eigenvalue weighted by molar-refractivity contribution is 0.389. The predicted molar refractivity (Wildman–Crippen MR) is 62.3 cm³/mol. The van der Waals surface area contributed by atoms with Crippen LogP contribution in [0.5, 0.6) is 0 Å². The number of benzene rings is 2. The maximum atomic E-state index is 11.2. The van der Waals surface area contributed by atoms with Crippen molar-refractivity contribution in [2.45, 2.75) is 0 Å². The molecule has 0 fully saturated rings. The molecule has 1 aromatic carbocycles. The van der Waals surface area contributed by atoms with Crippen molar-refractivity contribution in [1.82, 2.24) is 4.98 Å². The maximum absolute atomic E-state index is 11.2. The van der Waals surface area contributed by atoms with Crippen molar-refractivity contribution in [3.63, 3.8) is 0 Å². The van der Waals surface area contributed by atoms with Gasteiger partial charge in [-0.2, -0.15) is 0 Å². The summed E-state index contributed by atoms with van der Waals surface area (Å²) in [6.07, 6.45) is 0. The number of aromatic nitrogens is 1. The molecule has 0 saturated carbocycles. The topological polar surface area (TPSA) is 75.4 Å². The summed E-state index contributed by atoms with van der Waals surface area (Å²) in [7, 11) is 0. The van der Waals surface area contributed by atoms with Gasteiger partial charge in [0.1, 0.15) is 11.2 Å². The molecule has 5 heteroatoms. The molecule has 3 rings (SSSR count). The Morgan fingerprint density at radius 2 is 2.06 bits per heavy atom. The van der Waals surface area contributed by atoms with Crippen LogP contribution in [0.4, 0.5) is 5.69 Å². The Kier molecular flexibility index (Phi) is 2.06. The molecule has 0 aromatic heterocycles. The standard InChI is InChI=1S/C12H8N2O3/c15-8-2-4-10-12(6-8)17-11-5-7(14-16)1-3-9(11)13-10/h1-6,14,16H. The molecule has 0 unspecified atom stereocenters. The smallest absolute Gasteiger partial charge is 0.182 e. The molecule has 1 aliphatic carbocycles. The molecule has 1 aromatic rings. The Morgan fingerprint density at radius 3 is 2.88 bits per heavy atom. The number of hydrogen-bond acceptors (Lipinski definition) is 5. The van der Waals surface area contributed by atoms with Crippen LogP contribution >= 0.6 is 0 Å². The summed E-state index contributed by atoms with van der Waals surface area (Å²) in [6.45, 7) is 0. The van der Waals surface area contributed by atoms with Gasteiger partial charge < -0.3 is 4.42 Å². The van der Waals surface area contributed by atoms with E-state index < -0.39 is 0 Å². The molecule has 0 atom stereocenters. The number of hydrogen-bond donors (Lipinski definition) is 2. The molecule has 84 valence electrons. The third-order valence-electron chi connectivity index (χ3n) is 2.48. The van der Waals surface area contributed by atoms with Gasteiger partial charge in [-0.15, -0.1) is 0 Å². The summed E-state index contributed by atoms with van der Waals surface area (Å²) in [5.74, 6) is 0.431. The Bertz CT molecular complexity index is 721. The second kappa shape index (κ2) is 3.57. The van der Waals surface area contributed by atoms with Crippen molar-refractivity contribution in [3.05, 3.63) is 46.6 Å². The summed E-state index contributed by atoms with van der Waals surface area (Å²) >= 11 is 0. The molecular formula is C12H8N2O3. The summed E-state index contributed by atoms with van der Waals surface area (Å²) < 4.78 is 5.56. The fourth-order valence-corrected chi connectivity index (χ4v) is 1.67. The number of rotatable bonds is 1. The van der Waals surface area contributed by atoms with E-state index >= 15 is 0 Å². The first-order valence-corrected chi connectivity index (χ1v) is 5.01. The van der Waals surface area contributed by atoms with Crippen LogP contribution in [-0.4, -0.2) is 10.2 Å². The largest absolute Gasteiger partial charge is 0.453 e. The van der Waals surface area contributed by atoms with E-state index in [0.717, 1.165) is 0 Å². The summed E-state index contributed by atoms with van der Waals surface area (Å²) in [5, 5.41) is 8.79. The van der Waals surface area contributed by atoms with Crippen LogP contribution in [0.3, 0.4) is 0 Å². The molecule has 2 N–H and O–H groups in total. The molecule has 17 heavy (non-hydrogen) atoms. The van der Waals surface area contributed by atoms with Crippen LogP contribution in [0.25, 0.3) is 22.6 Å². The van der Waals surface area contributed by atoms with Crippen LogP contribution in [0.15, 0.2) is 45.6 Å². The molecule has 1 aliphatic heterocycles. The Labute approximate surface area is 95.6 Å². The average Bonchev–Trinajstić information content (AvgIpc) is 2.35. The summed E-state index contributed by atoms with van der Waals surface area (Å²) in [6, 6.07) is 9.47. The molecule has 0 radical (unpaired) electrons. The lowest BCUT2D eigenvalue weighted by Crippen LogP contribution is -1.99. The van der Waals surface area contributed by atoms with Crippen molar-refractivity contribution in [2.75, 3.05) is 5.48 Å². The third kappa shape index (κ3) is 1.62. The van der Waals surface area contributed by atoms with E-state index in [2.05, 4.69) is 4.98 Å². The van der Waals surface area contributed by atoms with Crippen LogP contribution in [0.2, 0.25) is 0 Å². The first kappa shape index (κ1) is 9.80. The van der Waals surface area contributed by atoms with Gasteiger partial charge >= 0.3 is 0 Å². The minimum atomic E-state index is -0.126. The Morgan fingerprint density at radius 1 is 1.18 bits per heavy atom. The lowest BCUT2D eigenvalue weighted by Gasteiger charge is -2.06. The number of fused-ring (bicyclic) bond motifs is 2. The van der Waals surface area contributed by atoms with Gasteiger partial charge in [0.05, 0.1) is 5.69 Å². The van der Waals surface area contributed by atoms with E-state index in [-0.39, 0.29) is 5.43 Å². The third-order valence-corrected chi connectivity index (χ3v) is 2.48. The van der Waals surface area contributed by atoms with Crippen molar-refractivity contribution in [3.8, 4) is 11.5 Å². The van der Waals surface area contributed by atoms with Crippen LogP contribution < -0.4 is 10.9 Å². The predicted octanol–water partition coefficient (Wildman–Crippen LogP) is 2.09. The van der Waals surface area contributed by atoms with Crippen LogP contribution in [0.1, 0.15) is 0 Å². The van der Waals surface area contributed by atoms with Gasteiger partial charge in [0.15, 0.2) is 16.8 Å². The zero-order valence-corrected chi connectivity index (χ0v) is 8.68. The van der Waals surface area contributed by atoms with Crippen LogP contribution in [-0.2, 0) is 0 Å². The highest BCUT2D eigenvalue weighted by atomic mass is 16.5. The van der Waals surface area contributed by atoms with Gasteiger partial charge in [-0.05, 0) is 24.3 Å². The summed E-state index contributed by atoms with van der Waals surface area (Å²) in [5.41, 5.74) is 4.19. The molecule has 0 saturated heterocycles.